The van der Waals surface area contributed by atoms with E-state index in [0.717, 1.165) is 27.8 Å². The van der Waals surface area contributed by atoms with E-state index in [1.165, 1.54) is 19.1 Å². The minimum absolute atomic E-state index is 0.00870. The number of rotatable bonds is 47. The summed E-state index contributed by atoms with van der Waals surface area (Å²) in [5, 5.41) is 11.1. The van der Waals surface area contributed by atoms with Gasteiger partial charge >= 0.3 is 0 Å². The molecule has 4 aromatic carbocycles. The molecule has 614 valence electrons. The van der Waals surface area contributed by atoms with Gasteiger partial charge in [-0.3, -0.25) is 53.2 Å². The number of methoxy groups -OCH3 is 2. The average Bonchev–Trinajstić information content (AvgIpc) is 1.65. The molecule has 11 rings (SSSR count). The first-order chi connectivity index (χ1) is 56.0. The summed E-state index contributed by atoms with van der Waals surface area (Å²) in [6, 6.07) is 17.1. The van der Waals surface area contributed by atoms with Gasteiger partial charge in [0.2, 0.25) is 42.2 Å². The first kappa shape index (κ1) is 85.0. The second kappa shape index (κ2) is 43.5. The van der Waals surface area contributed by atoms with Gasteiger partial charge in [0.25, 0.3) is 11.8 Å². The second-order valence-electron chi connectivity index (χ2n) is 27.8. The lowest BCUT2D eigenvalue weighted by Gasteiger charge is -2.24. The Balaban J connectivity index is 0.482. The van der Waals surface area contributed by atoms with Gasteiger partial charge in [-0.05, 0) is 77.1 Å². The molecule has 4 N–H and O–H groups in total. The maximum absolute atomic E-state index is 14.2. The van der Waals surface area contributed by atoms with Crippen LogP contribution < -0.4 is 49.7 Å². The molecule has 0 radical (unpaired) electrons. The maximum Gasteiger partial charge on any atom is 0.260 e. The molecule has 7 aliphatic rings. The summed E-state index contributed by atoms with van der Waals surface area (Å²) >= 11 is 0. The number of carbonyl (C=O) groups excluding carboxylic acids is 8. The molecule has 1 saturated heterocycles. The van der Waals surface area contributed by atoms with E-state index < -0.39 is 29.8 Å². The summed E-state index contributed by atoms with van der Waals surface area (Å²) in [6.45, 7) is 11.6. The Labute approximate surface area is 667 Å². The Morgan fingerprint density at radius 1 is 0.522 bits per heavy atom. The molecular weight excluding hydrogens is 1490 g/mol. The molecule has 5 atom stereocenters. The molecule has 6 aliphatic heterocycles. The lowest BCUT2D eigenvalue weighted by atomic mass is 9.95. The largest absolute Gasteiger partial charge is 0.493 e. The zero-order chi connectivity index (χ0) is 80.8. The molecule has 8 amide bonds. The number of nitrogens with one attached hydrogen (secondary N) is 4. The maximum atomic E-state index is 14.2. The van der Waals surface area contributed by atoms with E-state index in [1.54, 1.807) is 79.4 Å². The zero-order valence-electron chi connectivity index (χ0n) is 65.5. The van der Waals surface area contributed by atoms with Crippen LogP contribution in [-0.2, 0) is 66.7 Å². The quantitative estimate of drug-likeness (QED) is 0.0242. The molecule has 0 aromatic heterocycles. The zero-order valence-corrected chi connectivity index (χ0v) is 65.5. The third kappa shape index (κ3) is 24.1. The van der Waals surface area contributed by atoms with Crippen molar-refractivity contribution in [1.29, 1.82) is 0 Å². The van der Waals surface area contributed by atoms with Crippen molar-refractivity contribution in [2.24, 2.45) is 21.8 Å². The Kier molecular flexibility index (Phi) is 32.2. The minimum Gasteiger partial charge on any atom is -0.493 e. The Bertz CT molecular complexity index is 4340. The van der Waals surface area contributed by atoms with Crippen LogP contribution in [0.4, 0.5) is 17.1 Å². The van der Waals surface area contributed by atoms with Crippen LogP contribution in [0.2, 0.25) is 0 Å². The van der Waals surface area contributed by atoms with Crippen LogP contribution in [0.5, 0.6) is 34.5 Å². The highest BCUT2D eigenvalue weighted by Gasteiger charge is 2.41. The topological polar surface area (TPSA) is 348 Å². The Hall–Kier alpha value is -10.9. The number of hydrogen-bond acceptors (Lipinski definition) is 24. The number of aliphatic imine (C=N–C) groups is 2. The fraction of sp³-hybridized carbons (Fsp3) is 0.452. The molecule has 6 heterocycles. The number of likely N-dealkylation sites (tertiary alicyclic amines) is 1. The van der Waals surface area contributed by atoms with Crippen LogP contribution in [0, 0.1) is 11.8 Å². The normalized spacial score (nSPS) is 18.1. The van der Waals surface area contributed by atoms with Crippen LogP contribution in [0.3, 0.4) is 0 Å². The molecule has 1 fully saturated rings. The number of hydrogen-bond donors (Lipinski definition) is 4. The van der Waals surface area contributed by atoms with Crippen molar-refractivity contribution in [3.63, 3.8) is 0 Å². The van der Waals surface area contributed by atoms with E-state index in [4.69, 9.17) is 76.3 Å². The van der Waals surface area contributed by atoms with Gasteiger partial charge in [0.1, 0.15) is 12.1 Å². The standard InChI is InChI=1S/C84H101N9O22/c1-55(2)79(90-77(95)21-26-104-28-30-106-32-34-108-36-38-110-40-41-111-39-37-109-35-33-107-31-29-105-27-22-85-76(94)20-23-91-78(96)47-65(82(91)99)58-12-9-7-6-8-10-13-58)81(98)88-56(3)80(97)89-62-17-14-57(15-18-62)60-42-63-50-86-68-48-74(71(102-4)45-66(68)83(100)92(63)52-60)112-24-11-25-113-75-49-69-67(46-72(75)103-5)84(101)93-53-61(43-64(93)51-87-69)59-16-19-70-73(44-59)115-54-114-70/h6-10,12-19,44-46,48-53,55-56,63-65,79H,11,20-43,47,54H2,1-5H3,(H,85,94)(H,88,98)(H,89,97)(H,90,95)/b7-6-,8-6?,9-7?,10-8-,12-9?,13-10?,58-12?,58-13?/t56-,63-,64-,65?,79?/m0/s1. The van der Waals surface area contributed by atoms with Crippen LogP contribution in [0.15, 0.2) is 137 Å². The lowest BCUT2D eigenvalue weighted by Crippen LogP contribution is -2.53. The molecule has 31 nitrogen and oxygen atoms in total. The summed E-state index contributed by atoms with van der Waals surface area (Å²) in [6.07, 6.45) is 21.7. The number of carbonyl (C=O) groups is 8. The van der Waals surface area contributed by atoms with E-state index in [-0.39, 0.29) is 119 Å². The van der Waals surface area contributed by atoms with Gasteiger partial charge in [-0.25, -0.2) is 0 Å². The predicted octanol–water partition coefficient (Wildman–Crippen LogP) is 7.82. The SMILES string of the molecule is COc1cc2c(cc1OCCCOc1cc3c(cc1OC)C(=O)N1C=C(c4ccc5c(c4)OCO5)C[C@H]1C=N3)N=C[C@@H]1CC(c3ccc(NC(=O)[C@H](C)NC(=O)C(NC(=O)CCOCCOCCOCCOCCOCCOCCOCCOCCNC(=O)CCN4C(=O)CC(C5=C/C=C\C=C/C=C5)C4=O)C(C)C)cc3)=CN1C2=O. The fourth-order valence-electron chi connectivity index (χ4n) is 13.2. The average molecular weight is 1590 g/mol. The smallest absolute Gasteiger partial charge is 0.260 e. The first-order valence-corrected chi connectivity index (χ1v) is 38.7. The number of allylic oxidation sites excluding steroid dienone is 7. The summed E-state index contributed by atoms with van der Waals surface area (Å²) < 4.78 is 79.2. The number of fused-ring (bicyclic) bond motifs is 5. The molecule has 2 unspecified atom stereocenters. The predicted molar refractivity (Wildman–Crippen MR) is 424 cm³/mol. The monoisotopic (exact) mass is 1590 g/mol. The van der Waals surface area contributed by atoms with Gasteiger partial charge in [0.15, 0.2) is 34.5 Å². The van der Waals surface area contributed by atoms with Crippen molar-refractivity contribution < 1.29 is 105 Å². The van der Waals surface area contributed by atoms with Crippen LogP contribution >= 0.6 is 0 Å². The fourth-order valence-corrected chi connectivity index (χ4v) is 13.2. The number of imide groups is 1. The Morgan fingerprint density at radius 2 is 1.03 bits per heavy atom. The van der Waals surface area contributed by atoms with Gasteiger partial charge in [0.05, 0.1) is 174 Å². The van der Waals surface area contributed by atoms with Crippen molar-refractivity contribution >= 4 is 87.9 Å². The van der Waals surface area contributed by atoms with Crippen LogP contribution in [0.1, 0.15) is 91.1 Å². The second-order valence-corrected chi connectivity index (χ2v) is 27.8. The summed E-state index contributed by atoms with van der Waals surface area (Å²) in [5.41, 5.74) is 6.52. The van der Waals surface area contributed by atoms with E-state index in [0.29, 0.717) is 174 Å². The van der Waals surface area contributed by atoms with Gasteiger partial charge < -0.3 is 97.4 Å². The van der Waals surface area contributed by atoms with E-state index in [1.807, 2.05) is 85.3 Å². The van der Waals surface area contributed by atoms with Crippen molar-refractivity contribution in [3.05, 3.63) is 149 Å². The minimum atomic E-state index is -0.947. The third-order valence-electron chi connectivity index (χ3n) is 19.4. The summed E-state index contributed by atoms with van der Waals surface area (Å²) in [5.74, 6) is -0.570. The van der Waals surface area contributed by atoms with Gasteiger partial charge in [0, 0.05) is 94.3 Å². The highest BCUT2D eigenvalue weighted by molar-refractivity contribution is 6.08. The van der Waals surface area contributed by atoms with Gasteiger partial charge in [-0.2, -0.15) is 0 Å². The molecule has 0 spiro atoms. The molecule has 115 heavy (non-hydrogen) atoms. The molecule has 0 bridgehead atoms. The Morgan fingerprint density at radius 3 is 1.59 bits per heavy atom. The summed E-state index contributed by atoms with van der Waals surface area (Å²) in [7, 11) is 3.02. The van der Waals surface area contributed by atoms with Crippen molar-refractivity contribution in [2.75, 3.05) is 158 Å². The van der Waals surface area contributed by atoms with Crippen molar-refractivity contribution in [2.45, 2.75) is 83.5 Å². The van der Waals surface area contributed by atoms with E-state index in [9.17, 15) is 38.4 Å². The first-order valence-electron chi connectivity index (χ1n) is 38.7. The molecule has 0 saturated carbocycles. The van der Waals surface area contributed by atoms with Crippen LogP contribution in [0.25, 0.3) is 11.1 Å². The number of nitrogens with zero attached hydrogens (tertiary/aromatic N) is 5. The molecule has 1 aliphatic carbocycles. The third-order valence-corrected chi connectivity index (χ3v) is 19.4. The molecule has 31 heteroatoms. The lowest BCUT2D eigenvalue weighted by molar-refractivity contribution is -0.139. The number of amides is 8. The number of anilines is 1. The number of ether oxygens (including phenoxy) is 14. The van der Waals surface area contributed by atoms with Crippen molar-refractivity contribution in [1.82, 2.24) is 30.7 Å². The molecular formula is C84H101N9O22. The van der Waals surface area contributed by atoms with Crippen molar-refractivity contribution in [3.8, 4) is 34.5 Å². The highest BCUT2D eigenvalue weighted by atomic mass is 16.7. The van der Waals surface area contributed by atoms with Gasteiger partial charge in [-0.15, -0.1) is 0 Å². The molecule has 4 aromatic rings. The highest BCUT2D eigenvalue weighted by Crippen LogP contribution is 2.44. The van der Waals surface area contributed by atoms with E-state index in [2.05, 4.69) is 21.3 Å². The number of benzene rings is 4. The van der Waals surface area contributed by atoms with E-state index >= 15 is 0 Å². The van der Waals surface area contributed by atoms with Gasteiger partial charge in [-0.1, -0.05) is 74.6 Å². The summed E-state index contributed by atoms with van der Waals surface area (Å²) in [4.78, 5) is 120. The van der Waals surface area contributed by atoms with Crippen LogP contribution in [-0.4, -0.2) is 252 Å².